The molecule has 9 heteroatoms. The second-order valence-electron chi connectivity index (χ2n) is 6.00. The predicted octanol–water partition coefficient (Wildman–Crippen LogP) is 3.11. The third kappa shape index (κ3) is 3.25. The minimum absolute atomic E-state index is 0.119. The lowest BCUT2D eigenvalue weighted by Gasteiger charge is -2.12. The zero-order chi connectivity index (χ0) is 19.1. The Morgan fingerprint density at radius 1 is 1.23 bits per heavy atom. The summed E-state index contributed by atoms with van der Waals surface area (Å²) >= 11 is 5.90. The van der Waals surface area contributed by atoms with Crippen LogP contribution in [0.5, 0.6) is 0 Å². The van der Waals surface area contributed by atoms with Gasteiger partial charge in [-0.15, -0.1) is 0 Å². The molecule has 0 saturated heterocycles. The Kier molecular flexibility index (Phi) is 4.64. The number of fused-ring (bicyclic) bond motifs is 1. The van der Waals surface area contributed by atoms with Crippen molar-refractivity contribution in [3.63, 3.8) is 0 Å². The quantitative estimate of drug-likeness (QED) is 0.709. The molecule has 2 aromatic carbocycles. The van der Waals surface area contributed by atoms with Gasteiger partial charge in [0.25, 0.3) is 5.91 Å². The van der Waals surface area contributed by atoms with Gasteiger partial charge in [0.15, 0.2) is 0 Å². The van der Waals surface area contributed by atoms with Crippen LogP contribution in [0.4, 0.5) is 11.6 Å². The third-order valence-corrected chi connectivity index (χ3v) is 6.15. The van der Waals surface area contributed by atoms with Crippen molar-refractivity contribution in [3.8, 4) is 0 Å². The van der Waals surface area contributed by atoms with Crippen LogP contribution < -0.4 is 11.1 Å². The number of anilines is 2. The topological polar surface area (TPSA) is 107 Å². The minimum atomic E-state index is -3.69. The summed E-state index contributed by atoms with van der Waals surface area (Å²) in [6, 6.07) is 11.3. The van der Waals surface area contributed by atoms with E-state index in [1.165, 1.54) is 6.07 Å². The van der Waals surface area contributed by atoms with E-state index in [1.807, 2.05) is 0 Å². The summed E-state index contributed by atoms with van der Waals surface area (Å²) in [4.78, 5) is 16.4. The molecule has 0 saturated carbocycles. The monoisotopic (exact) mass is 392 g/mol. The number of hydrogen-bond acceptors (Lipinski definition) is 5. The number of carbonyl (C=O) groups is 1. The Bertz CT molecular complexity index is 1110. The number of nitrogens with one attached hydrogen (secondary N) is 1. The molecule has 0 aliphatic carbocycles. The molecule has 0 bridgehead atoms. The zero-order valence-corrected chi connectivity index (χ0v) is 15.7. The lowest BCUT2D eigenvalue weighted by Crippen LogP contribution is -2.23. The van der Waals surface area contributed by atoms with Gasteiger partial charge in [0.1, 0.15) is 0 Å². The van der Waals surface area contributed by atoms with E-state index in [4.69, 9.17) is 17.3 Å². The number of halogens is 1. The zero-order valence-electron chi connectivity index (χ0n) is 14.1. The van der Waals surface area contributed by atoms with Crippen molar-refractivity contribution in [3.05, 3.63) is 53.1 Å². The first-order valence-corrected chi connectivity index (χ1v) is 9.67. The van der Waals surface area contributed by atoms with Gasteiger partial charge < -0.3 is 11.1 Å². The molecule has 7 nitrogen and oxygen atoms in total. The van der Waals surface area contributed by atoms with Gasteiger partial charge in [0.2, 0.25) is 16.0 Å². The second-order valence-corrected chi connectivity index (χ2v) is 8.77. The van der Waals surface area contributed by atoms with Crippen LogP contribution in [0.25, 0.3) is 11.0 Å². The highest BCUT2D eigenvalue weighted by Gasteiger charge is 2.24. The Labute approximate surface area is 155 Å². The standard InChI is InChI=1S/C17H17ClN4O3S/c1-10(2)26(24,25)22-15-9-13(6-7-14(15)21-17(22)19)20-16(23)11-4-3-5-12(18)8-11/h3-10H,1-2H3,(H2,19,21)(H,20,23). The fourth-order valence-electron chi connectivity index (χ4n) is 2.46. The average molecular weight is 393 g/mol. The van der Waals surface area contributed by atoms with Crippen molar-refractivity contribution in [1.82, 2.24) is 8.96 Å². The van der Waals surface area contributed by atoms with E-state index in [0.29, 0.717) is 27.3 Å². The van der Waals surface area contributed by atoms with E-state index < -0.39 is 15.3 Å². The number of benzene rings is 2. The molecule has 0 atom stereocenters. The summed E-state index contributed by atoms with van der Waals surface area (Å²) in [5.41, 5.74) is 7.34. The Balaban J connectivity index is 2.03. The van der Waals surface area contributed by atoms with E-state index in [-0.39, 0.29) is 11.9 Å². The number of hydrogen-bond donors (Lipinski definition) is 2. The van der Waals surface area contributed by atoms with Gasteiger partial charge >= 0.3 is 0 Å². The van der Waals surface area contributed by atoms with E-state index >= 15 is 0 Å². The van der Waals surface area contributed by atoms with E-state index in [0.717, 1.165) is 3.97 Å². The minimum Gasteiger partial charge on any atom is -0.368 e. The number of nitrogens with two attached hydrogens (primary N) is 1. The first-order valence-electron chi connectivity index (χ1n) is 7.79. The summed E-state index contributed by atoms with van der Waals surface area (Å²) in [7, 11) is -3.69. The van der Waals surface area contributed by atoms with Crippen LogP contribution in [-0.4, -0.2) is 28.5 Å². The lowest BCUT2D eigenvalue weighted by molar-refractivity contribution is 0.102. The normalized spacial score (nSPS) is 11.8. The van der Waals surface area contributed by atoms with Crippen LogP contribution in [-0.2, 0) is 10.0 Å². The van der Waals surface area contributed by atoms with Gasteiger partial charge in [-0.1, -0.05) is 17.7 Å². The van der Waals surface area contributed by atoms with Crippen molar-refractivity contribution < 1.29 is 13.2 Å². The lowest BCUT2D eigenvalue weighted by atomic mass is 10.2. The molecule has 3 aromatic rings. The van der Waals surface area contributed by atoms with Crippen LogP contribution >= 0.6 is 11.6 Å². The fraction of sp³-hybridized carbons (Fsp3) is 0.176. The van der Waals surface area contributed by atoms with Crippen LogP contribution in [0.3, 0.4) is 0 Å². The Morgan fingerprint density at radius 3 is 2.62 bits per heavy atom. The maximum absolute atomic E-state index is 12.6. The number of carbonyl (C=O) groups excluding carboxylic acids is 1. The maximum Gasteiger partial charge on any atom is 0.255 e. The van der Waals surface area contributed by atoms with Crippen LogP contribution in [0.1, 0.15) is 24.2 Å². The van der Waals surface area contributed by atoms with Gasteiger partial charge in [-0.3, -0.25) is 4.79 Å². The Hall–Kier alpha value is -2.58. The van der Waals surface area contributed by atoms with Crippen LogP contribution in [0.15, 0.2) is 42.5 Å². The molecule has 3 rings (SSSR count). The van der Waals surface area contributed by atoms with Gasteiger partial charge in [-0.05, 0) is 50.2 Å². The highest BCUT2D eigenvalue weighted by molar-refractivity contribution is 7.90. The van der Waals surface area contributed by atoms with E-state index in [9.17, 15) is 13.2 Å². The van der Waals surface area contributed by atoms with Crippen molar-refractivity contribution in [2.45, 2.75) is 19.1 Å². The molecule has 3 N–H and O–H groups in total. The highest BCUT2D eigenvalue weighted by atomic mass is 35.5. The largest absolute Gasteiger partial charge is 0.368 e. The average Bonchev–Trinajstić information content (AvgIpc) is 2.90. The van der Waals surface area contributed by atoms with Crippen molar-refractivity contribution >= 4 is 50.2 Å². The molecule has 26 heavy (non-hydrogen) atoms. The van der Waals surface area contributed by atoms with Gasteiger partial charge in [-0.2, -0.15) is 0 Å². The highest BCUT2D eigenvalue weighted by Crippen LogP contribution is 2.25. The third-order valence-electron chi connectivity index (χ3n) is 3.83. The molecule has 0 radical (unpaired) electrons. The molecule has 0 spiro atoms. The molecule has 1 amide bonds. The first kappa shape index (κ1) is 18.2. The number of imidazole rings is 1. The molecular weight excluding hydrogens is 376 g/mol. The number of nitrogens with zero attached hydrogens (tertiary/aromatic N) is 2. The number of nitrogen functional groups attached to an aromatic ring is 1. The Morgan fingerprint density at radius 2 is 1.96 bits per heavy atom. The molecule has 1 heterocycles. The molecule has 0 unspecified atom stereocenters. The van der Waals surface area contributed by atoms with Crippen molar-refractivity contribution in [1.29, 1.82) is 0 Å². The van der Waals surface area contributed by atoms with E-state index in [1.54, 1.807) is 50.2 Å². The summed E-state index contributed by atoms with van der Waals surface area (Å²) in [6.07, 6.45) is 0. The predicted molar refractivity (Wildman–Crippen MR) is 103 cm³/mol. The smallest absolute Gasteiger partial charge is 0.255 e. The van der Waals surface area contributed by atoms with E-state index in [2.05, 4.69) is 10.3 Å². The van der Waals surface area contributed by atoms with Crippen LogP contribution in [0, 0.1) is 0 Å². The second kappa shape index (κ2) is 6.62. The molecule has 0 fully saturated rings. The maximum atomic E-state index is 12.6. The summed E-state index contributed by atoms with van der Waals surface area (Å²) in [6.45, 7) is 3.12. The first-order chi connectivity index (χ1) is 12.2. The van der Waals surface area contributed by atoms with Gasteiger partial charge in [0, 0.05) is 16.3 Å². The molecule has 1 aromatic heterocycles. The molecule has 0 aliphatic heterocycles. The molecule has 0 aliphatic rings. The summed E-state index contributed by atoms with van der Waals surface area (Å²) in [5.74, 6) is -0.482. The molecular formula is C17H17ClN4O3S. The number of aromatic nitrogens is 2. The van der Waals surface area contributed by atoms with Crippen LogP contribution in [0.2, 0.25) is 5.02 Å². The van der Waals surface area contributed by atoms with Gasteiger partial charge in [-0.25, -0.2) is 17.4 Å². The number of rotatable bonds is 4. The SMILES string of the molecule is CC(C)S(=O)(=O)n1c(N)nc2ccc(NC(=O)c3cccc(Cl)c3)cc21. The summed E-state index contributed by atoms with van der Waals surface area (Å²) < 4.78 is 26.1. The van der Waals surface area contributed by atoms with Crippen molar-refractivity contribution in [2.24, 2.45) is 0 Å². The summed E-state index contributed by atoms with van der Waals surface area (Å²) in [5, 5.41) is 2.49. The van der Waals surface area contributed by atoms with Crippen molar-refractivity contribution in [2.75, 3.05) is 11.1 Å². The molecule has 136 valence electrons. The number of amides is 1. The van der Waals surface area contributed by atoms with Gasteiger partial charge in [0.05, 0.1) is 16.3 Å². The fourth-order valence-corrected chi connectivity index (χ4v) is 3.80.